The zero-order chi connectivity index (χ0) is 14.9. The summed E-state index contributed by atoms with van der Waals surface area (Å²) >= 11 is 5.78. The number of carboxylic acids is 1. The predicted molar refractivity (Wildman–Crippen MR) is 70.6 cm³/mol. The second kappa shape index (κ2) is 5.67. The van der Waals surface area contributed by atoms with Gasteiger partial charge in [0.05, 0.1) is 11.4 Å². The fourth-order valence-corrected chi connectivity index (χ4v) is 4.07. The first-order valence-corrected chi connectivity index (χ1v) is 7.83. The maximum Gasteiger partial charge on any atom is 0.304 e. The lowest BCUT2D eigenvalue weighted by Crippen LogP contribution is -2.35. The van der Waals surface area contributed by atoms with Crippen LogP contribution in [0, 0.1) is 5.82 Å². The van der Waals surface area contributed by atoms with E-state index in [0.29, 0.717) is 12.8 Å². The molecule has 8 heteroatoms. The minimum absolute atomic E-state index is 0.115. The van der Waals surface area contributed by atoms with Crippen molar-refractivity contribution in [1.82, 2.24) is 4.31 Å². The van der Waals surface area contributed by atoms with Gasteiger partial charge in [-0.2, -0.15) is 4.31 Å². The Bertz CT molecular complexity index is 630. The molecule has 1 aromatic carbocycles. The van der Waals surface area contributed by atoms with Crippen LogP contribution in [0.2, 0.25) is 5.02 Å². The maximum atomic E-state index is 13.0. The van der Waals surface area contributed by atoms with Gasteiger partial charge in [-0.1, -0.05) is 11.6 Å². The Kier molecular flexibility index (Phi) is 4.31. The lowest BCUT2D eigenvalue weighted by molar-refractivity contribution is -0.137. The molecule has 1 aliphatic carbocycles. The third-order valence-electron chi connectivity index (χ3n) is 2.98. The van der Waals surface area contributed by atoms with Crippen LogP contribution in [0.4, 0.5) is 4.39 Å². The highest BCUT2D eigenvalue weighted by atomic mass is 35.5. The van der Waals surface area contributed by atoms with Crippen LogP contribution >= 0.6 is 11.6 Å². The van der Waals surface area contributed by atoms with Crippen molar-refractivity contribution in [2.24, 2.45) is 0 Å². The highest BCUT2D eigenvalue weighted by Crippen LogP contribution is 2.34. The second-order valence-corrected chi connectivity index (χ2v) is 6.83. The normalized spacial score (nSPS) is 15.6. The number of carbonyl (C=O) groups is 1. The molecule has 0 spiro atoms. The monoisotopic (exact) mass is 321 g/mol. The van der Waals surface area contributed by atoms with Crippen molar-refractivity contribution in [2.75, 3.05) is 6.54 Å². The Morgan fingerprint density at radius 1 is 1.45 bits per heavy atom. The van der Waals surface area contributed by atoms with E-state index in [4.69, 9.17) is 16.7 Å². The molecule has 0 radical (unpaired) electrons. The van der Waals surface area contributed by atoms with Crippen molar-refractivity contribution in [3.8, 4) is 0 Å². The Balaban J connectivity index is 2.32. The van der Waals surface area contributed by atoms with Gasteiger partial charge >= 0.3 is 5.97 Å². The van der Waals surface area contributed by atoms with Crippen molar-refractivity contribution in [1.29, 1.82) is 0 Å². The third kappa shape index (κ3) is 3.28. The van der Waals surface area contributed by atoms with Gasteiger partial charge in [-0.15, -0.1) is 0 Å². The molecule has 1 aliphatic rings. The van der Waals surface area contributed by atoms with Crippen molar-refractivity contribution >= 4 is 27.6 Å². The van der Waals surface area contributed by atoms with E-state index in [1.54, 1.807) is 0 Å². The van der Waals surface area contributed by atoms with Gasteiger partial charge in [0, 0.05) is 12.6 Å². The van der Waals surface area contributed by atoms with Crippen molar-refractivity contribution in [3.63, 3.8) is 0 Å². The first-order chi connectivity index (χ1) is 9.32. The summed E-state index contributed by atoms with van der Waals surface area (Å²) in [5.74, 6) is -1.70. The summed E-state index contributed by atoms with van der Waals surface area (Å²) in [6.45, 7) is -0.115. The molecule has 5 nitrogen and oxygen atoms in total. The minimum atomic E-state index is -3.91. The average molecular weight is 322 g/mol. The number of sulfonamides is 1. The number of carboxylic acid groups (broad SMARTS) is 1. The average Bonchev–Trinajstić information content (AvgIpc) is 3.12. The van der Waals surface area contributed by atoms with Gasteiger partial charge in [-0.3, -0.25) is 4.79 Å². The summed E-state index contributed by atoms with van der Waals surface area (Å²) in [5, 5.41) is 8.49. The van der Waals surface area contributed by atoms with Crippen molar-refractivity contribution in [3.05, 3.63) is 29.0 Å². The summed E-state index contributed by atoms with van der Waals surface area (Å²) in [4.78, 5) is 10.4. The highest BCUT2D eigenvalue weighted by Gasteiger charge is 2.38. The van der Waals surface area contributed by atoms with Gasteiger partial charge in [-0.25, -0.2) is 12.8 Å². The summed E-state index contributed by atoms with van der Waals surface area (Å²) in [6.07, 6.45) is 1.10. The van der Waals surface area contributed by atoms with Crippen molar-refractivity contribution in [2.45, 2.75) is 30.2 Å². The van der Waals surface area contributed by atoms with Crippen LogP contribution in [-0.4, -0.2) is 36.4 Å². The van der Waals surface area contributed by atoms with Gasteiger partial charge in [0.2, 0.25) is 10.0 Å². The molecule has 0 bridgehead atoms. The Morgan fingerprint density at radius 2 is 2.10 bits per heavy atom. The Morgan fingerprint density at radius 3 is 2.60 bits per heavy atom. The number of hydrogen-bond donors (Lipinski definition) is 1. The summed E-state index contributed by atoms with van der Waals surface area (Å²) in [5.41, 5.74) is 0. The van der Waals surface area contributed by atoms with Crippen molar-refractivity contribution < 1.29 is 22.7 Å². The predicted octanol–water partition coefficient (Wildman–Crippen LogP) is 2.11. The van der Waals surface area contributed by atoms with Crippen LogP contribution < -0.4 is 0 Å². The molecule has 20 heavy (non-hydrogen) atoms. The summed E-state index contributed by atoms with van der Waals surface area (Å²) in [6, 6.07) is 2.85. The molecular formula is C12H13ClFNO4S. The van der Waals surface area contributed by atoms with E-state index < -0.39 is 21.8 Å². The standard InChI is InChI=1S/C12H13ClFNO4S/c13-10-7-8(14)1-4-11(10)20(18,19)15(9-2-3-9)6-5-12(16)17/h1,4,7,9H,2-3,5-6H2,(H,16,17). The van der Waals surface area contributed by atoms with Crippen LogP contribution in [0.5, 0.6) is 0 Å². The molecule has 1 fully saturated rings. The van der Waals surface area contributed by atoms with Gasteiger partial charge in [-0.05, 0) is 31.0 Å². The molecule has 0 aliphatic heterocycles. The SMILES string of the molecule is O=C(O)CCN(C1CC1)S(=O)(=O)c1ccc(F)cc1Cl. The Hall–Kier alpha value is -1.18. The zero-order valence-electron chi connectivity index (χ0n) is 10.4. The van der Waals surface area contributed by atoms with E-state index in [0.717, 1.165) is 22.5 Å². The molecule has 0 atom stereocenters. The quantitative estimate of drug-likeness (QED) is 0.870. The first kappa shape index (κ1) is 15.2. The van der Waals surface area contributed by atoms with E-state index in [9.17, 15) is 17.6 Å². The maximum absolute atomic E-state index is 13.0. The molecule has 2 rings (SSSR count). The number of rotatable bonds is 6. The first-order valence-electron chi connectivity index (χ1n) is 6.01. The van der Waals surface area contributed by atoms with Crippen LogP contribution in [0.15, 0.2) is 23.1 Å². The van der Waals surface area contributed by atoms with Crippen LogP contribution in [-0.2, 0) is 14.8 Å². The molecule has 1 saturated carbocycles. The third-order valence-corrected chi connectivity index (χ3v) is 5.42. The number of benzene rings is 1. The van der Waals surface area contributed by atoms with E-state index in [2.05, 4.69) is 0 Å². The van der Waals surface area contributed by atoms with Crippen LogP contribution in [0.25, 0.3) is 0 Å². The molecule has 0 heterocycles. The highest BCUT2D eigenvalue weighted by molar-refractivity contribution is 7.89. The van der Waals surface area contributed by atoms with E-state index in [1.165, 1.54) is 0 Å². The summed E-state index contributed by atoms with van der Waals surface area (Å²) < 4.78 is 39.1. The van der Waals surface area contributed by atoms with Crippen LogP contribution in [0.3, 0.4) is 0 Å². The molecule has 0 saturated heterocycles. The molecule has 0 amide bonds. The lowest BCUT2D eigenvalue weighted by atomic mass is 10.3. The fourth-order valence-electron chi connectivity index (χ4n) is 1.88. The molecule has 0 unspecified atom stereocenters. The van der Waals surface area contributed by atoms with Gasteiger partial charge in [0.15, 0.2) is 0 Å². The second-order valence-electron chi connectivity index (χ2n) is 4.57. The van der Waals surface area contributed by atoms with Crippen LogP contribution in [0.1, 0.15) is 19.3 Å². The zero-order valence-corrected chi connectivity index (χ0v) is 12.0. The molecule has 0 aromatic heterocycles. The van der Waals surface area contributed by atoms with Gasteiger partial charge < -0.3 is 5.11 Å². The van der Waals surface area contributed by atoms with Gasteiger partial charge in [0.1, 0.15) is 10.7 Å². The Labute approximate surface area is 121 Å². The molecule has 1 aromatic rings. The number of nitrogens with zero attached hydrogens (tertiary/aromatic N) is 1. The largest absolute Gasteiger partial charge is 0.481 e. The van der Waals surface area contributed by atoms with E-state index >= 15 is 0 Å². The molecule has 1 N–H and O–H groups in total. The fraction of sp³-hybridized carbons (Fsp3) is 0.417. The molecular weight excluding hydrogens is 309 g/mol. The smallest absolute Gasteiger partial charge is 0.304 e. The molecule has 110 valence electrons. The number of hydrogen-bond acceptors (Lipinski definition) is 3. The van der Waals surface area contributed by atoms with E-state index in [1.807, 2.05) is 0 Å². The number of aliphatic carboxylic acids is 1. The minimum Gasteiger partial charge on any atom is -0.481 e. The lowest BCUT2D eigenvalue weighted by Gasteiger charge is -2.21. The van der Waals surface area contributed by atoms with E-state index in [-0.39, 0.29) is 28.9 Å². The topological polar surface area (TPSA) is 74.7 Å². The summed E-state index contributed by atoms with van der Waals surface area (Å²) in [7, 11) is -3.91. The number of halogens is 2. The van der Waals surface area contributed by atoms with Gasteiger partial charge in [0.25, 0.3) is 0 Å².